The summed E-state index contributed by atoms with van der Waals surface area (Å²) in [5, 5.41) is 3.78. The van der Waals surface area contributed by atoms with E-state index in [9.17, 15) is 13.2 Å². The van der Waals surface area contributed by atoms with Crippen LogP contribution >= 0.6 is 11.6 Å². The van der Waals surface area contributed by atoms with Crippen LogP contribution in [-0.2, 0) is 15.4 Å². The lowest BCUT2D eigenvalue weighted by Crippen LogP contribution is -2.49. The lowest BCUT2D eigenvalue weighted by Gasteiger charge is -2.30. The van der Waals surface area contributed by atoms with Crippen LogP contribution in [-0.4, -0.2) is 43.4 Å². The van der Waals surface area contributed by atoms with Crippen molar-refractivity contribution in [1.29, 1.82) is 0 Å². The first-order valence-corrected chi connectivity index (χ1v) is 10.1. The molecule has 3 rings (SSSR count). The average Bonchev–Trinajstić information content (AvgIpc) is 3.18. The Morgan fingerprint density at radius 1 is 1.35 bits per heavy atom. The van der Waals surface area contributed by atoms with Gasteiger partial charge in [-0.05, 0) is 43.9 Å². The van der Waals surface area contributed by atoms with E-state index in [1.54, 1.807) is 4.90 Å². The van der Waals surface area contributed by atoms with Crippen molar-refractivity contribution in [1.82, 2.24) is 10.2 Å². The maximum absolute atomic E-state index is 12.7. The molecular formula is C16H21ClN2O3S. The van der Waals surface area contributed by atoms with E-state index in [0.717, 1.165) is 18.4 Å². The Balaban J connectivity index is 1.71. The molecule has 1 aliphatic heterocycles. The third-order valence-electron chi connectivity index (χ3n) is 4.74. The predicted octanol–water partition coefficient (Wildman–Crippen LogP) is 2.55. The van der Waals surface area contributed by atoms with Crippen molar-refractivity contribution in [2.24, 2.45) is 0 Å². The molecule has 1 atom stereocenters. The molecule has 1 saturated carbocycles. The van der Waals surface area contributed by atoms with Gasteiger partial charge in [-0.3, -0.25) is 0 Å². The highest BCUT2D eigenvalue weighted by Gasteiger charge is 2.47. The van der Waals surface area contributed by atoms with Crippen molar-refractivity contribution in [3.8, 4) is 0 Å². The van der Waals surface area contributed by atoms with Crippen LogP contribution in [0, 0.1) is 0 Å². The van der Waals surface area contributed by atoms with Crippen molar-refractivity contribution in [3.63, 3.8) is 0 Å². The maximum atomic E-state index is 12.7. The Morgan fingerprint density at radius 2 is 2.00 bits per heavy atom. The number of urea groups is 1. The summed E-state index contributed by atoms with van der Waals surface area (Å²) in [6.45, 7) is 2.38. The van der Waals surface area contributed by atoms with Crippen molar-refractivity contribution in [3.05, 3.63) is 34.9 Å². The summed E-state index contributed by atoms with van der Waals surface area (Å²) < 4.78 is 23.3. The Morgan fingerprint density at radius 3 is 2.48 bits per heavy atom. The number of hydrogen-bond donors (Lipinski definition) is 1. The maximum Gasteiger partial charge on any atom is 0.318 e. The van der Waals surface area contributed by atoms with E-state index in [0.29, 0.717) is 18.0 Å². The second-order valence-corrected chi connectivity index (χ2v) is 9.03. The highest BCUT2D eigenvalue weighted by molar-refractivity contribution is 7.91. The SMILES string of the molecule is CCN(C(=O)NC1(c2ccc(Cl)cc2)CC1)C1CCS(=O)(=O)C1. The van der Waals surface area contributed by atoms with Crippen LogP contribution in [0.15, 0.2) is 24.3 Å². The van der Waals surface area contributed by atoms with Gasteiger partial charge in [-0.25, -0.2) is 13.2 Å². The smallest absolute Gasteiger partial charge is 0.318 e. The molecule has 1 aliphatic carbocycles. The van der Waals surface area contributed by atoms with Crippen molar-refractivity contribution in [2.45, 2.75) is 37.8 Å². The summed E-state index contributed by atoms with van der Waals surface area (Å²) >= 11 is 5.92. The molecule has 23 heavy (non-hydrogen) atoms. The number of hydrogen-bond acceptors (Lipinski definition) is 3. The zero-order valence-corrected chi connectivity index (χ0v) is 14.7. The van der Waals surface area contributed by atoms with E-state index in [2.05, 4.69) is 5.32 Å². The largest absolute Gasteiger partial charge is 0.328 e. The van der Waals surface area contributed by atoms with Gasteiger partial charge in [-0.2, -0.15) is 0 Å². The fourth-order valence-corrected chi connectivity index (χ4v) is 5.10. The second-order valence-electron chi connectivity index (χ2n) is 6.36. The molecule has 0 spiro atoms. The normalized spacial score (nSPS) is 24.2. The fourth-order valence-electron chi connectivity index (χ4n) is 3.25. The van der Waals surface area contributed by atoms with E-state index in [1.165, 1.54) is 0 Å². The molecule has 0 radical (unpaired) electrons. The van der Waals surface area contributed by atoms with Gasteiger partial charge < -0.3 is 10.2 Å². The molecule has 7 heteroatoms. The number of amides is 2. The molecule has 2 aliphatic rings. The minimum atomic E-state index is -3.01. The molecule has 2 fully saturated rings. The number of sulfone groups is 1. The van der Waals surface area contributed by atoms with Gasteiger partial charge >= 0.3 is 6.03 Å². The third kappa shape index (κ3) is 3.48. The van der Waals surface area contributed by atoms with Crippen LogP contribution in [0.5, 0.6) is 0 Å². The Kier molecular flexibility index (Phi) is 4.31. The van der Waals surface area contributed by atoms with E-state index < -0.39 is 9.84 Å². The topological polar surface area (TPSA) is 66.5 Å². The van der Waals surface area contributed by atoms with Gasteiger partial charge in [0.25, 0.3) is 0 Å². The highest BCUT2D eigenvalue weighted by Crippen LogP contribution is 2.45. The highest BCUT2D eigenvalue weighted by atomic mass is 35.5. The van der Waals surface area contributed by atoms with Gasteiger partial charge in [0.2, 0.25) is 0 Å². The van der Waals surface area contributed by atoms with Gasteiger partial charge in [0.05, 0.1) is 17.0 Å². The second kappa shape index (κ2) is 5.98. The molecule has 1 unspecified atom stereocenters. The monoisotopic (exact) mass is 356 g/mol. The van der Waals surface area contributed by atoms with Gasteiger partial charge in [-0.15, -0.1) is 0 Å². The van der Waals surface area contributed by atoms with E-state index in [-0.39, 0.29) is 29.1 Å². The predicted molar refractivity (Wildman–Crippen MR) is 90.3 cm³/mol. The minimum absolute atomic E-state index is 0.0716. The number of carbonyl (C=O) groups is 1. The molecule has 1 saturated heterocycles. The molecule has 1 aromatic rings. The summed E-state index contributed by atoms with van der Waals surface area (Å²) in [7, 11) is -3.01. The molecule has 0 bridgehead atoms. The lowest BCUT2D eigenvalue weighted by molar-refractivity contribution is 0.178. The summed E-state index contributed by atoms with van der Waals surface area (Å²) in [4.78, 5) is 14.3. The molecular weight excluding hydrogens is 336 g/mol. The quantitative estimate of drug-likeness (QED) is 0.901. The summed E-state index contributed by atoms with van der Waals surface area (Å²) in [5.41, 5.74) is 0.720. The Bertz CT molecular complexity index is 699. The number of benzene rings is 1. The number of nitrogens with one attached hydrogen (secondary N) is 1. The van der Waals surface area contributed by atoms with Gasteiger partial charge in [0.15, 0.2) is 9.84 Å². The molecule has 1 N–H and O–H groups in total. The van der Waals surface area contributed by atoms with E-state index in [4.69, 9.17) is 11.6 Å². The molecule has 5 nitrogen and oxygen atoms in total. The molecule has 1 aromatic carbocycles. The zero-order chi connectivity index (χ0) is 16.7. The number of carbonyl (C=O) groups excluding carboxylic acids is 1. The molecule has 2 amide bonds. The van der Waals surface area contributed by atoms with Crippen LogP contribution in [0.25, 0.3) is 0 Å². The summed E-state index contributed by atoms with van der Waals surface area (Å²) in [6.07, 6.45) is 2.30. The lowest BCUT2D eigenvalue weighted by atomic mass is 10.1. The molecule has 1 heterocycles. The first kappa shape index (κ1) is 16.6. The van der Waals surface area contributed by atoms with Crippen molar-refractivity contribution < 1.29 is 13.2 Å². The standard InChI is InChI=1S/C16H21ClN2O3S/c1-2-19(14-7-10-23(21,22)11-14)15(20)18-16(8-9-16)12-3-5-13(17)6-4-12/h3-6,14H,2,7-11H2,1H3,(H,18,20). The summed E-state index contributed by atoms with van der Waals surface area (Å²) in [6, 6.07) is 7.12. The molecule has 0 aromatic heterocycles. The first-order chi connectivity index (χ1) is 10.9. The van der Waals surface area contributed by atoms with Gasteiger partial charge in [0.1, 0.15) is 0 Å². The van der Waals surface area contributed by atoms with Crippen LogP contribution in [0.3, 0.4) is 0 Å². The van der Waals surface area contributed by atoms with E-state index >= 15 is 0 Å². The minimum Gasteiger partial charge on any atom is -0.328 e. The molecule has 126 valence electrons. The fraction of sp³-hybridized carbons (Fsp3) is 0.562. The van der Waals surface area contributed by atoms with E-state index in [1.807, 2.05) is 31.2 Å². The van der Waals surface area contributed by atoms with Gasteiger partial charge in [0, 0.05) is 17.6 Å². The van der Waals surface area contributed by atoms with Crippen LogP contribution < -0.4 is 5.32 Å². The number of nitrogens with zero attached hydrogens (tertiary/aromatic N) is 1. The Labute approximate surface area is 141 Å². The average molecular weight is 357 g/mol. The van der Waals surface area contributed by atoms with Crippen LogP contribution in [0.2, 0.25) is 5.02 Å². The van der Waals surface area contributed by atoms with Crippen molar-refractivity contribution >= 4 is 27.5 Å². The number of halogens is 1. The zero-order valence-electron chi connectivity index (χ0n) is 13.1. The third-order valence-corrected chi connectivity index (χ3v) is 6.75. The number of rotatable bonds is 4. The Hall–Kier alpha value is -1.27. The first-order valence-electron chi connectivity index (χ1n) is 7.90. The van der Waals surface area contributed by atoms with Crippen LogP contribution in [0.1, 0.15) is 31.7 Å². The summed E-state index contributed by atoms with van der Waals surface area (Å²) in [5.74, 6) is 0.242. The van der Waals surface area contributed by atoms with Gasteiger partial charge in [-0.1, -0.05) is 23.7 Å². The van der Waals surface area contributed by atoms with Crippen molar-refractivity contribution in [2.75, 3.05) is 18.1 Å². The van der Waals surface area contributed by atoms with Crippen LogP contribution in [0.4, 0.5) is 4.79 Å².